The van der Waals surface area contributed by atoms with Gasteiger partial charge in [-0.1, -0.05) is 34.6 Å². The highest BCUT2D eigenvalue weighted by molar-refractivity contribution is 4.80. The van der Waals surface area contributed by atoms with Gasteiger partial charge in [0, 0.05) is 13.2 Å². The third kappa shape index (κ3) is 6.19. The van der Waals surface area contributed by atoms with Crippen LogP contribution >= 0.6 is 0 Å². The van der Waals surface area contributed by atoms with Gasteiger partial charge in [0.25, 0.3) is 0 Å². The lowest BCUT2D eigenvalue weighted by Crippen LogP contribution is -2.35. The summed E-state index contributed by atoms with van der Waals surface area (Å²) in [7, 11) is 0. The average molecular weight is 255 g/mol. The highest BCUT2D eigenvalue weighted by atomic mass is 16.5. The predicted octanol–water partition coefficient (Wildman–Crippen LogP) is 3.71. The van der Waals surface area contributed by atoms with Crippen LogP contribution in [0.5, 0.6) is 0 Å². The maximum atomic E-state index is 5.46. The maximum Gasteiger partial charge on any atom is 0.0468 e. The summed E-state index contributed by atoms with van der Waals surface area (Å²) in [6, 6.07) is 0. The molecular weight excluding hydrogens is 222 g/mol. The molecule has 1 fully saturated rings. The molecule has 1 aliphatic rings. The van der Waals surface area contributed by atoms with E-state index in [1.807, 2.05) is 0 Å². The van der Waals surface area contributed by atoms with E-state index < -0.39 is 0 Å². The van der Waals surface area contributed by atoms with Crippen LogP contribution in [-0.2, 0) is 4.74 Å². The molecule has 0 saturated carbocycles. The lowest BCUT2D eigenvalue weighted by molar-refractivity contribution is 0.0494. The number of nitrogens with one attached hydrogen (secondary N) is 1. The van der Waals surface area contributed by atoms with Crippen LogP contribution in [0.15, 0.2) is 0 Å². The van der Waals surface area contributed by atoms with Gasteiger partial charge in [0.15, 0.2) is 0 Å². The lowest BCUT2D eigenvalue weighted by atomic mass is 9.74. The Balaban J connectivity index is 2.39. The molecule has 1 heterocycles. The monoisotopic (exact) mass is 255 g/mol. The highest BCUT2D eigenvalue weighted by Crippen LogP contribution is 2.33. The summed E-state index contributed by atoms with van der Waals surface area (Å²) >= 11 is 0. The zero-order chi connectivity index (χ0) is 13.6. The van der Waals surface area contributed by atoms with Crippen LogP contribution < -0.4 is 5.32 Å². The van der Waals surface area contributed by atoms with E-state index in [0.29, 0.717) is 5.41 Å². The van der Waals surface area contributed by atoms with Gasteiger partial charge in [-0.2, -0.15) is 0 Å². The van der Waals surface area contributed by atoms with Crippen molar-refractivity contribution in [1.29, 1.82) is 0 Å². The molecule has 1 N–H and O–H groups in total. The van der Waals surface area contributed by atoms with E-state index in [1.54, 1.807) is 0 Å². The molecule has 1 aliphatic heterocycles. The topological polar surface area (TPSA) is 21.3 Å². The SMILES string of the molecule is CC(C)CNCC(CC1CCOCC1)C(C)(C)C. The van der Waals surface area contributed by atoms with Gasteiger partial charge in [-0.15, -0.1) is 0 Å². The van der Waals surface area contributed by atoms with Crippen molar-refractivity contribution < 1.29 is 4.74 Å². The van der Waals surface area contributed by atoms with E-state index in [-0.39, 0.29) is 0 Å². The van der Waals surface area contributed by atoms with Crippen molar-refractivity contribution in [3.05, 3.63) is 0 Å². The van der Waals surface area contributed by atoms with Crippen LogP contribution in [0.1, 0.15) is 53.9 Å². The molecule has 0 spiro atoms. The first-order chi connectivity index (χ1) is 8.39. The number of rotatable bonds is 6. The minimum Gasteiger partial charge on any atom is -0.381 e. The fourth-order valence-corrected chi connectivity index (χ4v) is 2.67. The van der Waals surface area contributed by atoms with E-state index in [4.69, 9.17) is 4.74 Å². The first-order valence-corrected chi connectivity index (χ1v) is 7.68. The predicted molar refractivity (Wildman–Crippen MR) is 78.8 cm³/mol. The standard InChI is InChI=1S/C16H33NO/c1-13(2)11-17-12-15(16(3,4)5)10-14-6-8-18-9-7-14/h13-15,17H,6-12H2,1-5H3. The largest absolute Gasteiger partial charge is 0.381 e. The van der Waals surface area contributed by atoms with Crippen molar-refractivity contribution in [3.63, 3.8) is 0 Å². The Labute approximate surface area is 114 Å². The smallest absolute Gasteiger partial charge is 0.0468 e. The second-order valence-corrected chi connectivity index (χ2v) is 7.41. The molecule has 0 aliphatic carbocycles. The molecule has 0 aromatic carbocycles. The van der Waals surface area contributed by atoms with Crippen molar-refractivity contribution >= 4 is 0 Å². The summed E-state index contributed by atoms with van der Waals surface area (Å²) in [6.45, 7) is 16.0. The Kier molecular flexibility index (Phi) is 6.65. The van der Waals surface area contributed by atoms with Crippen LogP contribution in [0.4, 0.5) is 0 Å². The molecule has 0 aromatic heterocycles. The van der Waals surface area contributed by atoms with Gasteiger partial charge in [-0.3, -0.25) is 0 Å². The van der Waals surface area contributed by atoms with Crippen LogP contribution in [0, 0.1) is 23.2 Å². The van der Waals surface area contributed by atoms with Crippen molar-refractivity contribution in [3.8, 4) is 0 Å². The average Bonchev–Trinajstić information content (AvgIpc) is 2.27. The summed E-state index contributed by atoms with van der Waals surface area (Å²) in [5.41, 5.74) is 0.405. The van der Waals surface area contributed by atoms with E-state index in [1.165, 1.54) is 25.8 Å². The number of hydrogen-bond acceptors (Lipinski definition) is 2. The summed E-state index contributed by atoms with van der Waals surface area (Å²) < 4.78 is 5.46. The van der Waals surface area contributed by atoms with E-state index >= 15 is 0 Å². The second kappa shape index (κ2) is 7.49. The van der Waals surface area contributed by atoms with Gasteiger partial charge >= 0.3 is 0 Å². The van der Waals surface area contributed by atoms with Gasteiger partial charge in [0.05, 0.1) is 0 Å². The second-order valence-electron chi connectivity index (χ2n) is 7.41. The Morgan fingerprint density at radius 3 is 2.22 bits per heavy atom. The molecule has 18 heavy (non-hydrogen) atoms. The maximum absolute atomic E-state index is 5.46. The molecule has 1 atom stereocenters. The Morgan fingerprint density at radius 2 is 1.72 bits per heavy atom. The molecule has 2 nitrogen and oxygen atoms in total. The molecule has 1 unspecified atom stereocenters. The van der Waals surface area contributed by atoms with Crippen molar-refractivity contribution in [1.82, 2.24) is 5.32 Å². The zero-order valence-corrected chi connectivity index (χ0v) is 13.1. The van der Waals surface area contributed by atoms with Crippen LogP contribution in [0.3, 0.4) is 0 Å². The molecule has 0 radical (unpaired) electrons. The molecule has 1 saturated heterocycles. The molecule has 2 heteroatoms. The third-order valence-electron chi connectivity index (χ3n) is 4.13. The van der Waals surface area contributed by atoms with Crippen molar-refractivity contribution in [2.24, 2.45) is 23.2 Å². The van der Waals surface area contributed by atoms with Crippen molar-refractivity contribution in [2.75, 3.05) is 26.3 Å². The summed E-state index contributed by atoms with van der Waals surface area (Å²) in [6.07, 6.45) is 3.88. The van der Waals surface area contributed by atoms with Crippen molar-refractivity contribution in [2.45, 2.75) is 53.9 Å². The molecule has 1 rings (SSSR count). The summed E-state index contributed by atoms with van der Waals surface area (Å²) in [4.78, 5) is 0. The van der Waals surface area contributed by atoms with Gasteiger partial charge in [-0.25, -0.2) is 0 Å². The van der Waals surface area contributed by atoms with E-state index in [9.17, 15) is 0 Å². The minimum absolute atomic E-state index is 0.405. The fourth-order valence-electron chi connectivity index (χ4n) is 2.67. The first-order valence-electron chi connectivity index (χ1n) is 7.68. The quantitative estimate of drug-likeness (QED) is 0.781. The summed E-state index contributed by atoms with van der Waals surface area (Å²) in [5.74, 6) is 2.40. The number of ether oxygens (including phenoxy) is 1. The fraction of sp³-hybridized carbons (Fsp3) is 1.00. The normalized spacial score (nSPS) is 20.3. The van der Waals surface area contributed by atoms with Gasteiger partial charge in [0.1, 0.15) is 0 Å². The van der Waals surface area contributed by atoms with Crippen LogP contribution in [0.25, 0.3) is 0 Å². The molecule has 108 valence electrons. The Hall–Kier alpha value is -0.0800. The highest BCUT2D eigenvalue weighted by Gasteiger charge is 2.28. The molecular formula is C16H33NO. The van der Waals surface area contributed by atoms with Crippen LogP contribution in [0.2, 0.25) is 0 Å². The van der Waals surface area contributed by atoms with Crippen LogP contribution in [-0.4, -0.2) is 26.3 Å². The first kappa shape index (κ1) is 16.0. The Bertz CT molecular complexity index is 214. The molecule has 0 bridgehead atoms. The Morgan fingerprint density at radius 1 is 1.11 bits per heavy atom. The number of hydrogen-bond donors (Lipinski definition) is 1. The summed E-state index contributed by atoms with van der Waals surface area (Å²) in [5, 5.41) is 3.65. The molecule has 0 aromatic rings. The lowest BCUT2D eigenvalue weighted by Gasteiger charge is -2.35. The minimum atomic E-state index is 0.405. The van der Waals surface area contributed by atoms with E-state index in [0.717, 1.165) is 37.5 Å². The third-order valence-corrected chi connectivity index (χ3v) is 4.13. The van der Waals surface area contributed by atoms with E-state index in [2.05, 4.69) is 39.9 Å². The van der Waals surface area contributed by atoms with Gasteiger partial charge in [0.2, 0.25) is 0 Å². The van der Waals surface area contributed by atoms with Gasteiger partial charge < -0.3 is 10.1 Å². The zero-order valence-electron chi connectivity index (χ0n) is 13.1. The molecule has 0 amide bonds. The van der Waals surface area contributed by atoms with Gasteiger partial charge in [-0.05, 0) is 55.5 Å².